The SMILES string of the molecule is CC1N=NC(c2nc(CC3CCC(N)CC3)ncc2C(F)(F)F)=C1CC1CC1. The minimum Gasteiger partial charge on any atom is -0.328 e. The van der Waals surface area contributed by atoms with Crippen molar-refractivity contribution in [3.05, 3.63) is 28.9 Å². The number of hydrogen-bond donors (Lipinski definition) is 1. The number of nitrogens with two attached hydrogens (primary N) is 1. The zero-order valence-corrected chi connectivity index (χ0v) is 16.0. The minimum atomic E-state index is -4.52. The van der Waals surface area contributed by atoms with Crippen molar-refractivity contribution in [2.75, 3.05) is 0 Å². The summed E-state index contributed by atoms with van der Waals surface area (Å²) in [6, 6.07) is 0.0470. The van der Waals surface area contributed by atoms with Crippen LogP contribution in [-0.4, -0.2) is 22.1 Å². The third kappa shape index (κ3) is 4.26. The van der Waals surface area contributed by atoms with Crippen LogP contribution in [0.2, 0.25) is 0 Å². The van der Waals surface area contributed by atoms with Gasteiger partial charge in [-0.1, -0.05) is 0 Å². The van der Waals surface area contributed by atoms with Gasteiger partial charge in [-0.2, -0.15) is 23.4 Å². The molecule has 0 radical (unpaired) electrons. The summed E-state index contributed by atoms with van der Waals surface area (Å²) in [6.07, 6.45) is 3.79. The van der Waals surface area contributed by atoms with Crippen LogP contribution in [0.15, 0.2) is 22.0 Å². The van der Waals surface area contributed by atoms with Crippen LogP contribution in [-0.2, 0) is 12.6 Å². The minimum absolute atomic E-state index is 0.103. The number of halogens is 3. The van der Waals surface area contributed by atoms with E-state index in [-0.39, 0.29) is 17.8 Å². The van der Waals surface area contributed by atoms with Crippen molar-refractivity contribution in [3.63, 3.8) is 0 Å². The first-order chi connectivity index (χ1) is 13.3. The molecular weight excluding hydrogens is 367 g/mol. The molecule has 5 nitrogen and oxygen atoms in total. The van der Waals surface area contributed by atoms with E-state index in [1.807, 2.05) is 6.92 Å². The lowest BCUT2D eigenvalue weighted by atomic mass is 9.84. The maximum absolute atomic E-state index is 13.6. The van der Waals surface area contributed by atoms with Gasteiger partial charge in [-0.15, -0.1) is 0 Å². The summed E-state index contributed by atoms with van der Waals surface area (Å²) < 4.78 is 40.9. The van der Waals surface area contributed by atoms with Crippen molar-refractivity contribution in [1.82, 2.24) is 9.97 Å². The summed E-state index contributed by atoms with van der Waals surface area (Å²) >= 11 is 0. The predicted octanol–water partition coefficient (Wildman–Crippen LogP) is 4.92. The molecule has 2 aliphatic carbocycles. The van der Waals surface area contributed by atoms with Crippen molar-refractivity contribution < 1.29 is 13.2 Å². The Balaban J connectivity index is 1.67. The standard InChI is InChI=1S/C20H26F3N5/c1-11-15(8-12-2-3-12)18(28-27-11)19-16(20(21,22)23)10-25-17(26-19)9-13-4-6-14(24)7-5-13/h10-14H,2-9,24H2,1H3. The Labute approximate surface area is 162 Å². The van der Waals surface area contributed by atoms with Crippen molar-refractivity contribution in [1.29, 1.82) is 0 Å². The molecule has 0 amide bonds. The van der Waals surface area contributed by atoms with Gasteiger partial charge in [0, 0.05) is 18.7 Å². The molecule has 152 valence electrons. The average molecular weight is 393 g/mol. The predicted molar refractivity (Wildman–Crippen MR) is 99.3 cm³/mol. The molecule has 2 N–H and O–H groups in total. The van der Waals surface area contributed by atoms with Crippen LogP contribution in [0.1, 0.15) is 69.0 Å². The van der Waals surface area contributed by atoms with Gasteiger partial charge in [0.05, 0.1) is 6.04 Å². The number of rotatable bonds is 5. The molecule has 2 saturated carbocycles. The van der Waals surface area contributed by atoms with Crippen molar-refractivity contribution in [3.8, 4) is 0 Å². The van der Waals surface area contributed by atoms with Crippen LogP contribution in [0.4, 0.5) is 13.2 Å². The Morgan fingerprint density at radius 2 is 1.68 bits per heavy atom. The lowest BCUT2D eigenvalue weighted by molar-refractivity contribution is -0.138. The van der Waals surface area contributed by atoms with Crippen molar-refractivity contribution in [2.24, 2.45) is 27.8 Å². The monoisotopic (exact) mass is 393 g/mol. The highest BCUT2D eigenvalue weighted by Crippen LogP contribution is 2.43. The van der Waals surface area contributed by atoms with Crippen molar-refractivity contribution >= 4 is 5.70 Å². The molecule has 4 rings (SSSR count). The van der Waals surface area contributed by atoms with Gasteiger partial charge in [0.1, 0.15) is 22.8 Å². The molecule has 2 fully saturated rings. The summed E-state index contributed by atoms with van der Waals surface area (Å²) in [5.74, 6) is 1.36. The highest BCUT2D eigenvalue weighted by molar-refractivity contribution is 5.70. The Hall–Kier alpha value is -1.83. The molecule has 1 aromatic heterocycles. The maximum atomic E-state index is 13.6. The fourth-order valence-corrected chi connectivity index (χ4v) is 4.13. The largest absolute Gasteiger partial charge is 0.420 e. The highest BCUT2D eigenvalue weighted by Gasteiger charge is 2.39. The number of azo groups is 1. The van der Waals surface area contributed by atoms with Crippen LogP contribution in [0.3, 0.4) is 0 Å². The Morgan fingerprint density at radius 1 is 1.04 bits per heavy atom. The number of alkyl halides is 3. The van der Waals surface area contributed by atoms with Gasteiger partial charge in [0.15, 0.2) is 0 Å². The first-order valence-corrected chi connectivity index (χ1v) is 10.1. The second-order valence-electron chi connectivity index (χ2n) is 8.44. The van der Waals surface area contributed by atoms with Gasteiger partial charge >= 0.3 is 6.18 Å². The molecule has 2 heterocycles. The van der Waals surface area contributed by atoms with E-state index in [0.29, 0.717) is 29.8 Å². The molecule has 1 atom stereocenters. The van der Waals surface area contributed by atoms with E-state index in [1.54, 1.807) is 0 Å². The topological polar surface area (TPSA) is 76.5 Å². The summed E-state index contributed by atoms with van der Waals surface area (Å²) in [6.45, 7) is 1.88. The molecule has 3 aliphatic rings. The quantitative estimate of drug-likeness (QED) is 0.771. The van der Waals surface area contributed by atoms with Crippen LogP contribution in [0.25, 0.3) is 5.70 Å². The first-order valence-electron chi connectivity index (χ1n) is 10.1. The average Bonchev–Trinajstić information content (AvgIpc) is 3.39. The molecule has 1 unspecified atom stereocenters. The zero-order valence-electron chi connectivity index (χ0n) is 16.0. The molecule has 1 aromatic rings. The van der Waals surface area contributed by atoms with E-state index >= 15 is 0 Å². The number of aromatic nitrogens is 2. The summed E-state index contributed by atoms with van der Waals surface area (Å²) in [7, 11) is 0. The normalized spacial score (nSPS) is 28.2. The van der Waals surface area contributed by atoms with E-state index < -0.39 is 11.7 Å². The summed E-state index contributed by atoms with van der Waals surface area (Å²) in [5, 5.41) is 8.26. The van der Waals surface area contributed by atoms with E-state index in [4.69, 9.17) is 5.73 Å². The summed E-state index contributed by atoms with van der Waals surface area (Å²) in [5.41, 5.74) is 6.21. The van der Waals surface area contributed by atoms with Crippen molar-refractivity contribution in [2.45, 2.75) is 76.6 Å². The maximum Gasteiger partial charge on any atom is 0.420 e. The fourth-order valence-electron chi connectivity index (χ4n) is 4.13. The van der Waals surface area contributed by atoms with Gasteiger partial charge in [-0.05, 0) is 69.3 Å². The number of hydrogen-bond acceptors (Lipinski definition) is 5. The third-order valence-electron chi connectivity index (χ3n) is 6.08. The van der Waals surface area contributed by atoms with Crippen LogP contribution in [0.5, 0.6) is 0 Å². The van der Waals surface area contributed by atoms with Crippen LogP contribution in [0, 0.1) is 11.8 Å². The van der Waals surface area contributed by atoms with Gasteiger partial charge < -0.3 is 5.73 Å². The summed E-state index contributed by atoms with van der Waals surface area (Å²) in [4.78, 5) is 8.42. The molecule has 0 aromatic carbocycles. The lowest BCUT2D eigenvalue weighted by Crippen LogP contribution is -2.27. The van der Waals surface area contributed by atoms with Gasteiger partial charge in [-0.3, -0.25) is 0 Å². The molecular formula is C20H26F3N5. The first kappa shape index (κ1) is 19.5. The Morgan fingerprint density at radius 3 is 2.32 bits per heavy atom. The highest BCUT2D eigenvalue weighted by atomic mass is 19.4. The van der Waals surface area contributed by atoms with Crippen LogP contribution >= 0.6 is 0 Å². The molecule has 0 bridgehead atoms. The molecule has 8 heteroatoms. The molecule has 0 spiro atoms. The second kappa shape index (κ2) is 7.54. The molecule has 0 saturated heterocycles. The molecule has 28 heavy (non-hydrogen) atoms. The molecule has 1 aliphatic heterocycles. The smallest absolute Gasteiger partial charge is 0.328 e. The number of nitrogens with zero attached hydrogens (tertiary/aromatic N) is 4. The van der Waals surface area contributed by atoms with E-state index in [9.17, 15) is 13.2 Å². The van der Waals surface area contributed by atoms with E-state index in [2.05, 4.69) is 20.2 Å². The Kier molecular flexibility index (Phi) is 5.24. The van der Waals surface area contributed by atoms with Gasteiger partial charge in [-0.25, -0.2) is 9.97 Å². The van der Waals surface area contributed by atoms with Gasteiger partial charge in [0.25, 0.3) is 0 Å². The zero-order chi connectivity index (χ0) is 19.9. The Bertz CT molecular complexity index is 790. The third-order valence-corrected chi connectivity index (χ3v) is 6.08. The van der Waals surface area contributed by atoms with Gasteiger partial charge in [0.2, 0.25) is 0 Å². The van der Waals surface area contributed by atoms with E-state index in [1.165, 1.54) is 0 Å². The second-order valence-corrected chi connectivity index (χ2v) is 8.44. The van der Waals surface area contributed by atoms with Crippen LogP contribution < -0.4 is 5.73 Å². The van der Waals surface area contributed by atoms with E-state index in [0.717, 1.165) is 56.7 Å². The lowest BCUT2D eigenvalue weighted by Gasteiger charge is -2.25. The fraction of sp³-hybridized carbons (Fsp3) is 0.700.